The van der Waals surface area contributed by atoms with Gasteiger partial charge < -0.3 is 9.64 Å². The third-order valence-corrected chi connectivity index (χ3v) is 2.48. The number of hydrogen-bond acceptors (Lipinski definition) is 4. The van der Waals surface area contributed by atoms with Gasteiger partial charge in [-0.25, -0.2) is 0 Å². The van der Waals surface area contributed by atoms with Gasteiger partial charge in [-0.2, -0.15) is 0 Å². The third kappa shape index (κ3) is 3.87. The molecule has 5 nitrogen and oxygen atoms in total. The van der Waals surface area contributed by atoms with Gasteiger partial charge in [-0.15, -0.1) is 0 Å². The van der Waals surface area contributed by atoms with Gasteiger partial charge in [0.25, 0.3) is 0 Å². The first-order chi connectivity index (χ1) is 7.13. The van der Waals surface area contributed by atoms with E-state index in [2.05, 4.69) is 0 Å². The molecule has 1 heterocycles. The van der Waals surface area contributed by atoms with Crippen LogP contribution in [0.5, 0.6) is 0 Å². The van der Waals surface area contributed by atoms with Gasteiger partial charge in [0.1, 0.15) is 0 Å². The average Bonchev–Trinajstić information content (AvgIpc) is 2.18. The van der Waals surface area contributed by atoms with E-state index in [0.717, 1.165) is 13.1 Å². The molecule has 1 amide bonds. The summed E-state index contributed by atoms with van der Waals surface area (Å²) in [5.74, 6) is -0.0837. The Morgan fingerprint density at radius 2 is 1.80 bits per heavy atom. The van der Waals surface area contributed by atoms with Gasteiger partial charge in [-0.3, -0.25) is 14.5 Å². The number of esters is 1. The molecule has 1 saturated heterocycles. The van der Waals surface area contributed by atoms with Gasteiger partial charge in [0.05, 0.1) is 13.2 Å². The van der Waals surface area contributed by atoms with E-state index in [1.54, 1.807) is 18.7 Å². The lowest BCUT2D eigenvalue weighted by atomic mass is 10.3. The molecular formula is C10H18N2O3. The highest BCUT2D eigenvalue weighted by Gasteiger charge is 2.20. The number of rotatable bonds is 3. The summed E-state index contributed by atoms with van der Waals surface area (Å²) in [7, 11) is 0. The Morgan fingerprint density at radius 1 is 1.20 bits per heavy atom. The number of hydrogen-bond donors (Lipinski definition) is 0. The molecule has 0 unspecified atom stereocenters. The smallest absolute Gasteiger partial charge is 0.320 e. The summed E-state index contributed by atoms with van der Waals surface area (Å²) in [6.07, 6.45) is 0. The van der Waals surface area contributed by atoms with E-state index in [-0.39, 0.29) is 11.9 Å². The van der Waals surface area contributed by atoms with Crippen molar-refractivity contribution in [2.45, 2.75) is 13.8 Å². The van der Waals surface area contributed by atoms with Gasteiger partial charge >= 0.3 is 5.97 Å². The Hall–Kier alpha value is -1.10. The summed E-state index contributed by atoms with van der Waals surface area (Å²) in [5, 5.41) is 0. The number of carbonyl (C=O) groups excluding carboxylic acids is 2. The van der Waals surface area contributed by atoms with Crippen LogP contribution in [0.15, 0.2) is 0 Å². The minimum absolute atomic E-state index is 0.103. The lowest BCUT2D eigenvalue weighted by molar-refractivity contribution is -0.145. The Labute approximate surface area is 90.0 Å². The summed E-state index contributed by atoms with van der Waals surface area (Å²) in [6, 6.07) is 0. The number of amides is 1. The van der Waals surface area contributed by atoms with Crippen molar-refractivity contribution in [3.05, 3.63) is 0 Å². The molecule has 0 aromatic rings. The van der Waals surface area contributed by atoms with Crippen molar-refractivity contribution in [2.24, 2.45) is 0 Å². The number of piperazine rings is 1. The molecule has 5 heteroatoms. The van der Waals surface area contributed by atoms with Crippen molar-refractivity contribution >= 4 is 11.9 Å². The van der Waals surface area contributed by atoms with Gasteiger partial charge in [-0.05, 0) is 6.92 Å². The van der Waals surface area contributed by atoms with Crippen LogP contribution in [0.1, 0.15) is 13.8 Å². The van der Waals surface area contributed by atoms with Crippen molar-refractivity contribution in [1.29, 1.82) is 0 Å². The molecule has 0 spiro atoms. The first-order valence-electron chi connectivity index (χ1n) is 5.27. The van der Waals surface area contributed by atoms with E-state index < -0.39 is 0 Å². The van der Waals surface area contributed by atoms with Crippen molar-refractivity contribution in [2.75, 3.05) is 39.3 Å². The molecule has 86 valence electrons. The number of nitrogens with zero attached hydrogens (tertiary/aromatic N) is 2. The summed E-state index contributed by atoms with van der Waals surface area (Å²) >= 11 is 0. The fraction of sp³-hybridized carbons (Fsp3) is 0.800. The Morgan fingerprint density at radius 3 is 2.27 bits per heavy atom. The first-order valence-corrected chi connectivity index (χ1v) is 5.27. The van der Waals surface area contributed by atoms with Gasteiger partial charge in [0, 0.05) is 33.1 Å². The molecule has 0 radical (unpaired) electrons. The molecule has 1 aliphatic heterocycles. The standard InChI is InChI=1S/C10H18N2O3/c1-3-15-10(14)8-11-4-6-12(7-5-11)9(2)13/h3-8H2,1-2H3. The summed E-state index contributed by atoms with van der Waals surface area (Å²) < 4.78 is 4.86. The molecule has 0 saturated carbocycles. The second-order valence-corrected chi connectivity index (χ2v) is 3.59. The lowest BCUT2D eigenvalue weighted by Gasteiger charge is -2.33. The van der Waals surface area contributed by atoms with Crippen molar-refractivity contribution < 1.29 is 14.3 Å². The molecule has 1 fully saturated rings. The van der Waals surface area contributed by atoms with Crippen LogP contribution in [0.4, 0.5) is 0 Å². The molecule has 0 aliphatic carbocycles. The Bertz CT molecular complexity index is 235. The highest BCUT2D eigenvalue weighted by Crippen LogP contribution is 2.01. The van der Waals surface area contributed by atoms with Crippen LogP contribution in [0.2, 0.25) is 0 Å². The van der Waals surface area contributed by atoms with Gasteiger partial charge in [0.15, 0.2) is 0 Å². The molecule has 1 rings (SSSR count). The van der Waals surface area contributed by atoms with E-state index in [0.29, 0.717) is 26.2 Å². The van der Waals surface area contributed by atoms with Crippen molar-refractivity contribution in [3.63, 3.8) is 0 Å². The highest BCUT2D eigenvalue weighted by atomic mass is 16.5. The Balaban J connectivity index is 2.25. The quantitative estimate of drug-likeness (QED) is 0.606. The van der Waals surface area contributed by atoms with E-state index in [1.807, 2.05) is 4.90 Å². The molecule has 0 bridgehead atoms. The lowest BCUT2D eigenvalue weighted by Crippen LogP contribution is -2.49. The highest BCUT2D eigenvalue weighted by molar-refractivity contribution is 5.73. The van der Waals surface area contributed by atoms with Crippen LogP contribution in [0, 0.1) is 0 Å². The van der Waals surface area contributed by atoms with Gasteiger partial charge in [0.2, 0.25) is 5.91 Å². The molecular weight excluding hydrogens is 196 g/mol. The number of ether oxygens (including phenoxy) is 1. The maximum atomic E-state index is 11.2. The monoisotopic (exact) mass is 214 g/mol. The van der Waals surface area contributed by atoms with Gasteiger partial charge in [-0.1, -0.05) is 0 Å². The van der Waals surface area contributed by atoms with E-state index in [9.17, 15) is 9.59 Å². The molecule has 0 atom stereocenters. The maximum Gasteiger partial charge on any atom is 0.320 e. The molecule has 1 aliphatic rings. The minimum Gasteiger partial charge on any atom is -0.465 e. The SMILES string of the molecule is CCOC(=O)CN1CCN(C(C)=O)CC1. The average molecular weight is 214 g/mol. The zero-order valence-electron chi connectivity index (χ0n) is 9.36. The first kappa shape index (κ1) is 12.0. The minimum atomic E-state index is -0.186. The summed E-state index contributed by atoms with van der Waals surface area (Å²) in [6.45, 7) is 7.03. The normalized spacial score (nSPS) is 17.6. The van der Waals surface area contributed by atoms with Crippen LogP contribution >= 0.6 is 0 Å². The topological polar surface area (TPSA) is 49.9 Å². The maximum absolute atomic E-state index is 11.2. The summed E-state index contributed by atoms with van der Waals surface area (Å²) in [5.41, 5.74) is 0. The Kier molecular flexibility index (Phi) is 4.55. The zero-order valence-corrected chi connectivity index (χ0v) is 9.36. The molecule has 0 aromatic heterocycles. The number of carbonyl (C=O) groups is 2. The zero-order chi connectivity index (χ0) is 11.3. The van der Waals surface area contributed by atoms with E-state index >= 15 is 0 Å². The predicted octanol–water partition coefficient (Wildman–Crippen LogP) is -0.286. The molecule has 15 heavy (non-hydrogen) atoms. The molecule has 0 aromatic carbocycles. The van der Waals surface area contributed by atoms with Crippen LogP contribution in [-0.4, -0.2) is 61.0 Å². The predicted molar refractivity (Wildman–Crippen MR) is 55.3 cm³/mol. The third-order valence-electron chi connectivity index (χ3n) is 2.48. The van der Waals surface area contributed by atoms with Crippen molar-refractivity contribution in [1.82, 2.24) is 9.80 Å². The van der Waals surface area contributed by atoms with E-state index in [1.165, 1.54) is 0 Å². The fourth-order valence-electron chi connectivity index (χ4n) is 1.61. The fourth-order valence-corrected chi connectivity index (χ4v) is 1.61. The second-order valence-electron chi connectivity index (χ2n) is 3.59. The largest absolute Gasteiger partial charge is 0.465 e. The van der Waals surface area contributed by atoms with E-state index in [4.69, 9.17) is 4.74 Å². The van der Waals surface area contributed by atoms with Crippen molar-refractivity contribution in [3.8, 4) is 0 Å². The van der Waals surface area contributed by atoms with Crippen LogP contribution in [0.3, 0.4) is 0 Å². The molecule has 0 N–H and O–H groups in total. The van der Waals surface area contributed by atoms with Crippen LogP contribution in [0.25, 0.3) is 0 Å². The van der Waals surface area contributed by atoms with Crippen LogP contribution in [-0.2, 0) is 14.3 Å². The second kappa shape index (κ2) is 5.70. The van der Waals surface area contributed by atoms with Crippen LogP contribution < -0.4 is 0 Å². The summed E-state index contributed by atoms with van der Waals surface area (Å²) in [4.78, 5) is 26.0.